The van der Waals surface area contributed by atoms with E-state index in [0.29, 0.717) is 25.5 Å². The van der Waals surface area contributed by atoms with Crippen LogP contribution in [-0.4, -0.2) is 46.9 Å². The van der Waals surface area contributed by atoms with Crippen LogP contribution >= 0.6 is 11.6 Å². The number of aromatic carboxylic acids is 1. The fourth-order valence-corrected chi connectivity index (χ4v) is 3.94. The summed E-state index contributed by atoms with van der Waals surface area (Å²) in [6.45, 7) is 3.02. The summed E-state index contributed by atoms with van der Waals surface area (Å²) in [6.07, 6.45) is -3.31. The molecular formula is C19H16ClF3N4O3. The minimum atomic E-state index is -4.53. The summed E-state index contributed by atoms with van der Waals surface area (Å²) in [5, 5.41) is 13.1. The smallest absolute Gasteiger partial charge is 0.417 e. The normalized spacial score (nSPS) is 17.6. The molecular weight excluding hydrogens is 425 g/mol. The standard InChI is InChI=1S/C19H16ClF3N4O3/c1-10-9-26(16-13(20)7-11(8-24-16)18(28)29)5-6-27(10)17-15-12(19(21,22)23)3-2-4-14(15)30-25-17/h2-4,7-8,10H,5-6,9H2,1H3,(H,28,29)/t10-/m1/s1. The maximum atomic E-state index is 13.5. The van der Waals surface area contributed by atoms with Crippen molar-refractivity contribution in [1.82, 2.24) is 10.1 Å². The minimum absolute atomic E-state index is 0.0239. The summed E-state index contributed by atoms with van der Waals surface area (Å²) >= 11 is 6.21. The Kier molecular flexibility index (Phi) is 4.97. The molecule has 3 heterocycles. The van der Waals surface area contributed by atoms with Crippen LogP contribution in [0.15, 0.2) is 35.0 Å². The van der Waals surface area contributed by atoms with Crippen LogP contribution in [0.1, 0.15) is 22.8 Å². The van der Waals surface area contributed by atoms with Crippen molar-refractivity contribution in [3.8, 4) is 0 Å². The number of carboxylic acids is 1. The molecule has 1 aromatic carbocycles. The van der Waals surface area contributed by atoms with Gasteiger partial charge in [-0.1, -0.05) is 22.8 Å². The Morgan fingerprint density at radius 2 is 2.07 bits per heavy atom. The third-order valence-electron chi connectivity index (χ3n) is 5.05. The van der Waals surface area contributed by atoms with E-state index in [4.69, 9.17) is 21.2 Å². The minimum Gasteiger partial charge on any atom is -0.478 e. The number of pyridine rings is 1. The zero-order valence-corrected chi connectivity index (χ0v) is 16.4. The molecule has 0 aliphatic carbocycles. The maximum absolute atomic E-state index is 13.5. The van der Waals surface area contributed by atoms with Gasteiger partial charge in [0.05, 0.1) is 21.5 Å². The Bertz CT molecular complexity index is 1120. The van der Waals surface area contributed by atoms with Gasteiger partial charge in [-0.25, -0.2) is 9.78 Å². The van der Waals surface area contributed by atoms with E-state index in [1.54, 1.807) is 4.90 Å². The topological polar surface area (TPSA) is 82.7 Å². The van der Waals surface area contributed by atoms with Gasteiger partial charge in [-0.3, -0.25) is 0 Å². The van der Waals surface area contributed by atoms with Gasteiger partial charge in [0.2, 0.25) is 0 Å². The van der Waals surface area contributed by atoms with Crippen molar-refractivity contribution in [3.05, 3.63) is 46.6 Å². The van der Waals surface area contributed by atoms with Crippen molar-refractivity contribution in [2.24, 2.45) is 0 Å². The lowest BCUT2D eigenvalue weighted by Gasteiger charge is -2.40. The third kappa shape index (κ3) is 3.51. The number of anilines is 2. The molecule has 0 radical (unpaired) electrons. The Morgan fingerprint density at radius 1 is 1.30 bits per heavy atom. The summed E-state index contributed by atoms with van der Waals surface area (Å²) < 4.78 is 45.6. The highest BCUT2D eigenvalue weighted by molar-refractivity contribution is 6.33. The van der Waals surface area contributed by atoms with E-state index in [1.165, 1.54) is 24.4 Å². The molecule has 4 rings (SSSR count). The first-order valence-corrected chi connectivity index (χ1v) is 9.40. The lowest BCUT2D eigenvalue weighted by atomic mass is 10.1. The first-order valence-electron chi connectivity index (χ1n) is 9.03. The number of fused-ring (bicyclic) bond motifs is 1. The number of hydrogen-bond acceptors (Lipinski definition) is 6. The lowest BCUT2D eigenvalue weighted by Crippen LogP contribution is -2.52. The van der Waals surface area contributed by atoms with Gasteiger partial charge in [0.15, 0.2) is 11.4 Å². The van der Waals surface area contributed by atoms with Gasteiger partial charge in [-0.05, 0) is 25.1 Å². The second-order valence-corrected chi connectivity index (χ2v) is 7.41. The Morgan fingerprint density at radius 3 is 2.70 bits per heavy atom. The fraction of sp³-hybridized carbons (Fsp3) is 0.316. The van der Waals surface area contributed by atoms with Crippen LogP contribution < -0.4 is 9.80 Å². The monoisotopic (exact) mass is 440 g/mol. The van der Waals surface area contributed by atoms with Gasteiger partial charge in [0.25, 0.3) is 0 Å². The predicted octanol–water partition coefficient (Wildman–Crippen LogP) is 4.31. The highest BCUT2D eigenvalue weighted by atomic mass is 35.5. The summed E-state index contributed by atoms with van der Waals surface area (Å²) in [7, 11) is 0. The highest BCUT2D eigenvalue weighted by Gasteiger charge is 2.37. The zero-order valence-electron chi connectivity index (χ0n) is 15.6. The van der Waals surface area contributed by atoms with E-state index in [2.05, 4.69) is 10.1 Å². The van der Waals surface area contributed by atoms with Crippen LogP contribution in [0.25, 0.3) is 11.0 Å². The van der Waals surface area contributed by atoms with Crippen molar-refractivity contribution in [2.45, 2.75) is 19.1 Å². The molecule has 3 aromatic rings. The average Bonchev–Trinajstić information content (AvgIpc) is 3.11. The molecule has 11 heteroatoms. The molecule has 158 valence electrons. The molecule has 1 atom stereocenters. The molecule has 1 N–H and O–H groups in total. The van der Waals surface area contributed by atoms with Crippen LogP contribution in [-0.2, 0) is 6.18 Å². The SMILES string of the molecule is C[C@@H]1CN(c2ncc(C(=O)O)cc2Cl)CCN1c1noc2cccc(C(F)(F)F)c12. The van der Waals surface area contributed by atoms with Crippen molar-refractivity contribution in [2.75, 3.05) is 29.4 Å². The number of carbonyl (C=O) groups is 1. The molecule has 0 saturated carbocycles. The molecule has 0 amide bonds. The highest BCUT2D eigenvalue weighted by Crippen LogP contribution is 2.40. The molecule has 2 aromatic heterocycles. The van der Waals surface area contributed by atoms with Crippen LogP contribution in [0.5, 0.6) is 0 Å². The number of alkyl halides is 3. The van der Waals surface area contributed by atoms with Gasteiger partial charge in [0.1, 0.15) is 5.82 Å². The number of halogens is 4. The van der Waals surface area contributed by atoms with Crippen LogP contribution in [0, 0.1) is 0 Å². The number of rotatable bonds is 3. The number of carboxylic acid groups (broad SMARTS) is 1. The first-order chi connectivity index (χ1) is 14.2. The molecule has 1 aliphatic rings. The molecule has 1 fully saturated rings. The van der Waals surface area contributed by atoms with Crippen molar-refractivity contribution in [1.29, 1.82) is 0 Å². The van der Waals surface area contributed by atoms with E-state index in [-0.39, 0.29) is 33.4 Å². The van der Waals surface area contributed by atoms with Crippen LogP contribution in [0.2, 0.25) is 5.02 Å². The molecule has 7 nitrogen and oxygen atoms in total. The maximum Gasteiger partial charge on any atom is 0.417 e. The molecule has 1 saturated heterocycles. The van der Waals surface area contributed by atoms with Gasteiger partial charge in [0, 0.05) is 31.9 Å². The van der Waals surface area contributed by atoms with E-state index in [0.717, 1.165) is 6.07 Å². The van der Waals surface area contributed by atoms with Gasteiger partial charge >= 0.3 is 12.1 Å². The van der Waals surface area contributed by atoms with Crippen molar-refractivity contribution < 1.29 is 27.6 Å². The number of aromatic nitrogens is 2. The summed E-state index contributed by atoms with van der Waals surface area (Å²) in [4.78, 5) is 18.8. The number of nitrogens with zero attached hydrogens (tertiary/aromatic N) is 4. The van der Waals surface area contributed by atoms with Gasteiger partial charge in [-0.15, -0.1) is 0 Å². The van der Waals surface area contributed by atoms with Gasteiger partial charge < -0.3 is 19.4 Å². The largest absolute Gasteiger partial charge is 0.478 e. The Labute approximate surface area is 173 Å². The van der Waals surface area contributed by atoms with Gasteiger partial charge in [-0.2, -0.15) is 13.2 Å². The quantitative estimate of drug-likeness (QED) is 0.649. The molecule has 0 spiro atoms. The Balaban J connectivity index is 1.63. The number of hydrogen-bond donors (Lipinski definition) is 1. The number of piperazine rings is 1. The summed E-state index contributed by atoms with van der Waals surface area (Å²) in [6, 6.07) is 4.85. The zero-order chi connectivity index (χ0) is 21.6. The molecule has 0 unspecified atom stereocenters. The van der Waals surface area contributed by atoms with E-state index >= 15 is 0 Å². The fourth-order valence-electron chi connectivity index (χ4n) is 3.65. The van der Waals surface area contributed by atoms with E-state index in [9.17, 15) is 18.0 Å². The molecule has 0 bridgehead atoms. The van der Waals surface area contributed by atoms with Crippen LogP contribution in [0.4, 0.5) is 24.8 Å². The second kappa shape index (κ2) is 7.35. The lowest BCUT2D eigenvalue weighted by molar-refractivity contribution is -0.136. The number of benzene rings is 1. The Hall–Kier alpha value is -3.01. The average molecular weight is 441 g/mol. The summed E-state index contributed by atoms with van der Waals surface area (Å²) in [5.74, 6) is -0.563. The molecule has 1 aliphatic heterocycles. The second-order valence-electron chi connectivity index (χ2n) is 7.01. The molecule has 30 heavy (non-hydrogen) atoms. The third-order valence-corrected chi connectivity index (χ3v) is 5.33. The predicted molar refractivity (Wildman–Crippen MR) is 104 cm³/mol. The van der Waals surface area contributed by atoms with Crippen molar-refractivity contribution in [3.63, 3.8) is 0 Å². The van der Waals surface area contributed by atoms with Crippen molar-refractivity contribution >= 4 is 40.2 Å². The van der Waals surface area contributed by atoms with E-state index < -0.39 is 17.7 Å². The van der Waals surface area contributed by atoms with Crippen LogP contribution in [0.3, 0.4) is 0 Å². The summed E-state index contributed by atoms with van der Waals surface area (Å²) in [5.41, 5.74) is -0.743. The first kappa shape index (κ1) is 20.3. The van der Waals surface area contributed by atoms with E-state index in [1.807, 2.05) is 11.8 Å².